The number of nitrogens with one attached hydrogen (secondary N) is 1. The van der Waals surface area contributed by atoms with Crippen LogP contribution in [-0.4, -0.2) is 46.8 Å². The minimum absolute atomic E-state index is 0.0896. The van der Waals surface area contributed by atoms with E-state index in [-0.39, 0.29) is 5.78 Å². The SMILES string of the molecule is CCC1(CC)NC(=O)N(CC(=O)O[C@@H]2CCCCC2=O)C1=O. The highest BCUT2D eigenvalue weighted by molar-refractivity contribution is 6.08. The third kappa shape index (κ3) is 2.98. The molecule has 0 aromatic rings. The van der Waals surface area contributed by atoms with Crippen LogP contribution < -0.4 is 5.32 Å². The summed E-state index contributed by atoms with van der Waals surface area (Å²) in [5.41, 5.74) is -0.933. The lowest BCUT2D eigenvalue weighted by molar-refractivity contribution is -0.158. The van der Waals surface area contributed by atoms with Crippen molar-refractivity contribution in [3.05, 3.63) is 0 Å². The average Bonchev–Trinajstić information content (AvgIpc) is 2.74. The first-order valence-corrected chi connectivity index (χ1v) is 7.80. The fraction of sp³-hybridized carbons (Fsp3) is 0.733. The number of nitrogens with zero attached hydrogens (tertiary/aromatic N) is 1. The zero-order valence-corrected chi connectivity index (χ0v) is 13.0. The summed E-state index contributed by atoms with van der Waals surface area (Å²) in [6.07, 6.45) is 2.76. The summed E-state index contributed by atoms with van der Waals surface area (Å²) in [6.45, 7) is 3.17. The molecule has 0 aromatic carbocycles. The maximum Gasteiger partial charge on any atom is 0.326 e. The second-order valence-electron chi connectivity index (χ2n) is 5.80. The molecule has 0 aromatic heterocycles. The summed E-state index contributed by atoms with van der Waals surface area (Å²) in [6, 6.07) is -0.583. The predicted octanol–water partition coefficient (Wildman–Crippen LogP) is 1.15. The van der Waals surface area contributed by atoms with Gasteiger partial charge in [0.25, 0.3) is 5.91 Å². The van der Waals surface area contributed by atoms with Crippen molar-refractivity contribution in [3.63, 3.8) is 0 Å². The molecule has 122 valence electrons. The van der Waals surface area contributed by atoms with E-state index in [1.165, 1.54) is 0 Å². The molecule has 0 spiro atoms. The maximum atomic E-state index is 12.4. The molecule has 1 heterocycles. The Morgan fingerprint density at radius 3 is 2.50 bits per heavy atom. The summed E-state index contributed by atoms with van der Waals surface area (Å²) < 4.78 is 5.14. The predicted molar refractivity (Wildman–Crippen MR) is 76.9 cm³/mol. The standard InChI is InChI=1S/C15H22N2O5/c1-3-15(4-2)13(20)17(14(21)16-15)9-12(19)22-11-8-6-5-7-10(11)18/h11H,3-9H2,1-2H3,(H,16,21)/t11-/m1/s1. The van der Waals surface area contributed by atoms with Gasteiger partial charge in [-0.25, -0.2) is 4.79 Å². The first-order chi connectivity index (χ1) is 10.4. The smallest absolute Gasteiger partial charge is 0.326 e. The molecular formula is C15H22N2O5. The Kier molecular flexibility index (Phi) is 4.83. The molecular weight excluding hydrogens is 288 g/mol. The second kappa shape index (κ2) is 6.46. The molecule has 1 atom stereocenters. The average molecular weight is 310 g/mol. The van der Waals surface area contributed by atoms with Crippen molar-refractivity contribution >= 4 is 23.7 Å². The monoisotopic (exact) mass is 310 g/mol. The van der Waals surface area contributed by atoms with Crippen molar-refractivity contribution in [1.29, 1.82) is 0 Å². The molecule has 2 rings (SSSR count). The zero-order valence-electron chi connectivity index (χ0n) is 13.0. The minimum Gasteiger partial charge on any atom is -0.453 e. The highest BCUT2D eigenvalue weighted by atomic mass is 16.5. The molecule has 0 radical (unpaired) electrons. The van der Waals surface area contributed by atoms with E-state index in [9.17, 15) is 19.2 Å². The van der Waals surface area contributed by atoms with E-state index in [0.29, 0.717) is 25.7 Å². The van der Waals surface area contributed by atoms with Gasteiger partial charge >= 0.3 is 12.0 Å². The van der Waals surface area contributed by atoms with Crippen LogP contribution in [0.1, 0.15) is 52.4 Å². The van der Waals surface area contributed by atoms with E-state index in [1.54, 1.807) is 0 Å². The zero-order chi connectivity index (χ0) is 16.3. The van der Waals surface area contributed by atoms with Gasteiger partial charge in [-0.3, -0.25) is 19.3 Å². The minimum atomic E-state index is -0.933. The normalized spacial score (nSPS) is 24.4. The molecule has 7 nitrogen and oxygen atoms in total. The number of amides is 3. The van der Waals surface area contributed by atoms with E-state index in [2.05, 4.69) is 5.32 Å². The van der Waals surface area contributed by atoms with Crippen molar-refractivity contribution in [2.24, 2.45) is 0 Å². The van der Waals surface area contributed by atoms with Crippen LogP contribution in [0.3, 0.4) is 0 Å². The number of carbonyl (C=O) groups is 4. The largest absolute Gasteiger partial charge is 0.453 e. The molecule has 3 amide bonds. The van der Waals surface area contributed by atoms with E-state index in [1.807, 2.05) is 13.8 Å². The molecule has 1 aliphatic carbocycles. The van der Waals surface area contributed by atoms with Gasteiger partial charge in [-0.15, -0.1) is 0 Å². The molecule has 22 heavy (non-hydrogen) atoms. The first-order valence-electron chi connectivity index (χ1n) is 7.80. The summed E-state index contributed by atoms with van der Waals surface area (Å²) in [5.74, 6) is -1.21. The Morgan fingerprint density at radius 1 is 1.27 bits per heavy atom. The summed E-state index contributed by atoms with van der Waals surface area (Å²) in [5, 5.41) is 2.65. The van der Waals surface area contributed by atoms with Gasteiger partial charge in [-0.1, -0.05) is 13.8 Å². The highest BCUT2D eigenvalue weighted by Gasteiger charge is 2.49. The molecule has 1 saturated heterocycles. The number of hydrogen-bond donors (Lipinski definition) is 1. The van der Waals surface area contributed by atoms with Gasteiger partial charge < -0.3 is 10.1 Å². The molecule has 1 N–H and O–H groups in total. The van der Waals surface area contributed by atoms with E-state index in [4.69, 9.17) is 4.74 Å². The van der Waals surface area contributed by atoms with Crippen LogP contribution in [0.4, 0.5) is 4.79 Å². The van der Waals surface area contributed by atoms with E-state index in [0.717, 1.165) is 17.7 Å². The van der Waals surface area contributed by atoms with Gasteiger partial charge in [0.1, 0.15) is 12.1 Å². The number of carbonyl (C=O) groups excluding carboxylic acids is 4. The van der Waals surface area contributed by atoms with Gasteiger partial charge in [0.15, 0.2) is 11.9 Å². The Hall–Kier alpha value is -1.92. The lowest BCUT2D eigenvalue weighted by Crippen LogP contribution is -2.46. The van der Waals surface area contributed by atoms with Gasteiger partial charge in [0, 0.05) is 6.42 Å². The number of imide groups is 1. The number of hydrogen-bond acceptors (Lipinski definition) is 5. The van der Waals surface area contributed by atoms with Gasteiger partial charge in [-0.05, 0) is 32.1 Å². The number of ether oxygens (including phenoxy) is 1. The highest BCUT2D eigenvalue weighted by Crippen LogP contribution is 2.25. The second-order valence-corrected chi connectivity index (χ2v) is 5.80. The van der Waals surface area contributed by atoms with Crippen LogP contribution >= 0.6 is 0 Å². The third-order valence-corrected chi connectivity index (χ3v) is 4.51. The van der Waals surface area contributed by atoms with E-state index < -0.39 is 36.1 Å². The van der Waals surface area contributed by atoms with Gasteiger partial charge in [0.05, 0.1) is 0 Å². The van der Waals surface area contributed by atoms with Crippen LogP contribution in [0, 0.1) is 0 Å². The van der Waals surface area contributed by atoms with Crippen molar-refractivity contribution in [1.82, 2.24) is 10.2 Å². The Morgan fingerprint density at radius 2 is 1.95 bits per heavy atom. The molecule has 7 heteroatoms. The fourth-order valence-corrected chi connectivity index (χ4v) is 2.95. The van der Waals surface area contributed by atoms with Crippen molar-refractivity contribution in [2.75, 3.05) is 6.54 Å². The first kappa shape index (κ1) is 16.5. The Labute approximate surface area is 129 Å². The quantitative estimate of drug-likeness (QED) is 0.607. The van der Waals surface area contributed by atoms with Crippen LogP contribution in [0.15, 0.2) is 0 Å². The molecule has 1 saturated carbocycles. The third-order valence-electron chi connectivity index (χ3n) is 4.51. The number of Topliss-reactive ketones (excluding diaryl/α,β-unsaturated/α-hetero) is 1. The lowest BCUT2D eigenvalue weighted by atomic mass is 9.93. The number of urea groups is 1. The number of rotatable bonds is 5. The van der Waals surface area contributed by atoms with Crippen LogP contribution in [-0.2, 0) is 19.1 Å². The van der Waals surface area contributed by atoms with Crippen molar-refractivity contribution in [2.45, 2.75) is 64.0 Å². The summed E-state index contributed by atoms with van der Waals surface area (Å²) in [4.78, 5) is 48.8. The number of esters is 1. The topological polar surface area (TPSA) is 92.8 Å². The Bertz CT molecular complexity index is 498. The number of ketones is 1. The molecule has 0 unspecified atom stereocenters. The van der Waals surface area contributed by atoms with Gasteiger partial charge in [0.2, 0.25) is 0 Å². The van der Waals surface area contributed by atoms with Crippen LogP contribution in [0.2, 0.25) is 0 Å². The molecule has 1 aliphatic heterocycles. The van der Waals surface area contributed by atoms with Crippen LogP contribution in [0.5, 0.6) is 0 Å². The van der Waals surface area contributed by atoms with Crippen molar-refractivity contribution in [3.8, 4) is 0 Å². The lowest BCUT2D eigenvalue weighted by Gasteiger charge is -2.23. The molecule has 2 fully saturated rings. The maximum absolute atomic E-state index is 12.4. The Balaban J connectivity index is 1.98. The van der Waals surface area contributed by atoms with Gasteiger partial charge in [-0.2, -0.15) is 0 Å². The van der Waals surface area contributed by atoms with Crippen molar-refractivity contribution < 1.29 is 23.9 Å². The fourth-order valence-electron chi connectivity index (χ4n) is 2.95. The molecule has 2 aliphatic rings. The molecule has 0 bridgehead atoms. The summed E-state index contributed by atoms with van der Waals surface area (Å²) >= 11 is 0. The van der Waals surface area contributed by atoms with Crippen LogP contribution in [0.25, 0.3) is 0 Å². The summed E-state index contributed by atoms with van der Waals surface area (Å²) in [7, 11) is 0. The van der Waals surface area contributed by atoms with E-state index >= 15 is 0 Å².